The number of aliphatic hydroxyl groups is 1. The van der Waals surface area contributed by atoms with Crippen LogP contribution in [0.3, 0.4) is 0 Å². The minimum Gasteiger partial charge on any atom is -0.390 e. The van der Waals surface area contributed by atoms with Crippen LogP contribution in [0, 0.1) is 0 Å². The van der Waals surface area contributed by atoms with Crippen LogP contribution < -0.4 is 0 Å². The Hall–Kier alpha value is -0.810. The van der Waals surface area contributed by atoms with E-state index in [1.54, 1.807) is 14.0 Å². The molecule has 0 spiro atoms. The smallest absolute Gasteiger partial charge is 0.220 e. The number of carbonyl (C=O) groups excluding carboxylic acids is 2. The summed E-state index contributed by atoms with van der Waals surface area (Å²) in [6, 6.07) is 0. The van der Waals surface area contributed by atoms with Crippen molar-refractivity contribution in [3.05, 3.63) is 12.2 Å². The molecule has 1 N–H and O–H groups in total. The summed E-state index contributed by atoms with van der Waals surface area (Å²) in [5, 5.41) is 9.22. The molecule has 0 aliphatic rings. The van der Waals surface area contributed by atoms with E-state index in [1.807, 2.05) is 6.92 Å². The van der Waals surface area contributed by atoms with Crippen molar-refractivity contribution in [3.8, 4) is 0 Å². The normalized spacial score (nSPS) is 13.9. The summed E-state index contributed by atoms with van der Waals surface area (Å²) >= 11 is 0.954. The highest BCUT2D eigenvalue weighted by molar-refractivity contribution is 8.14. The molecule has 0 aromatic heterocycles. The summed E-state index contributed by atoms with van der Waals surface area (Å²) in [6.07, 6.45) is 0.645. The van der Waals surface area contributed by atoms with Gasteiger partial charge in [0.1, 0.15) is 5.37 Å². The minimum absolute atomic E-state index is 0.174. The van der Waals surface area contributed by atoms with E-state index in [0.29, 0.717) is 12.0 Å². The van der Waals surface area contributed by atoms with Crippen molar-refractivity contribution in [2.45, 2.75) is 45.1 Å². The Labute approximate surface area is 107 Å². The highest BCUT2D eigenvalue weighted by Crippen LogP contribution is 2.24. The molecule has 0 aliphatic heterocycles. The SMILES string of the molecule is C=C(C)C(=O)SC(C(O)CCC)N(C)C(C)=O. The van der Waals surface area contributed by atoms with Crippen LogP contribution in [-0.2, 0) is 9.59 Å². The number of rotatable bonds is 6. The largest absolute Gasteiger partial charge is 0.390 e. The van der Waals surface area contributed by atoms with Crippen LogP contribution in [0.25, 0.3) is 0 Å². The number of likely N-dealkylation sites (N-methyl/N-ethyl adjacent to an activating group) is 1. The van der Waals surface area contributed by atoms with Gasteiger partial charge in [-0.15, -0.1) is 0 Å². The minimum atomic E-state index is -0.706. The summed E-state index contributed by atoms with van der Waals surface area (Å²) in [5.41, 5.74) is 0.417. The van der Waals surface area contributed by atoms with Gasteiger partial charge in [0.05, 0.1) is 6.10 Å². The van der Waals surface area contributed by atoms with Crippen LogP contribution >= 0.6 is 11.8 Å². The molecule has 0 aromatic carbocycles. The fraction of sp³-hybridized carbons (Fsp3) is 0.667. The lowest BCUT2D eigenvalue weighted by atomic mass is 10.2. The zero-order valence-corrected chi connectivity index (χ0v) is 11.7. The van der Waals surface area contributed by atoms with E-state index >= 15 is 0 Å². The van der Waals surface area contributed by atoms with Gasteiger partial charge in [0.2, 0.25) is 11.0 Å². The van der Waals surface area contributed by atoms with E-state index in [4.69, 9.17) is 0 Å². The van der Waals surface area contributed by atoms with E-state index in [0.717, 1.165) is 18.2 Å². The third-order valence-electron chi connectivity index (χ3n) is 2.37. The quantitative estimate of drug-likeness (QED) is 0.583. The number of hydrogen-bond acceptors (Lipinski definition) is 4. The Morgan fingerprint density at radius 3 is 2.29 bits per heavy atom. The first-order valence-corrected chi connectivity index (χ1v) is 6.47. The Morgan fingerprint density at radius 1 is 1.41 bits per heavy atom. The second-order valence-electron chi connectivity index (χ2n) is 4.06. The lowest BCUT2D eigenvalue weighted by molar-refractivity contribution is -0.129. The summed E-state index contributed by atoms with van der Waals surface area (Å²) in [5.74, 6) is -0.174. The summed E-state index contributed by atoms with van der Waals surface area (Å²) in [4.78, 5) is 24.3. The van der Waals surface area contributed by atoms with Crippen LogP contribution in [0.5, 0.6) is 0 Å². The molecule has 0 radical (unpaired) electrons. The van der Waals surface area contributed by atoms with Crippen molar-refractivity contribution in [3.63, 3.8) is 0 Å². The average Bonchev–Trinajstić information content (AvgIpc) is 2.24. The first-order valence-electron chi connectivity index (χ1n) is 5.59. The summed E-state index contributed by atoms with van der Waals surface area (Å²) in [7, 11) is 1.59. The van der Waals surface area contributed by atoms with Crippen molar-refractivity contribution in [2.75, 3.05) is 7.05 Å². The molecule has 2 atom stereocenters. The van der Waals surface area contributed by atoms with Gasteiger partial charge < -0.3 is 10.0 Å². The van der Waals surface area contributed by atoms with Gasteiger partial charge in [-0.05, 0) is 18.9 Å². The van der Waals surface area contributed by atoms with E-state index in [2.05, 4.69) is 6.58 Å². The van der Waals surface area contributed by atoms with Gasteiger partial charge in [-0.3, -0.25) is 9.59 Å². The molecule has 5 heteroatoms. The highest BCUT2D eigenvalue weighted by Gasteiger charge is 2.28. The predicted octanol–water partition coefficient (Wildman–Crippen LogP) is 1.79. The van der Waals surface area contributed by atoms with Gasteiger partial charge in [-0.1, -0.05) is 31.7 Å². The molecule has 0 aliphatic carbocycles. The second kappa shape index (κ2) is 7.50. The zero-order valence-electron chi connectivity index (χ0n) is 10.9. The van der Waals surface area contributed by atoms with Gasteiger partial charge in [-0.2, -0.15) is 0 Å². The van der Waals surface area contributed by atoms with Gasteiger partial charge in [0.25, 0.3) is 0 Å². The molecular formula is C12H21NO3S. The van der Waals surface area contributed by atoms with E-state index < -0.39 is 11.5 Å². The maximum Gasteiger partial charge on any atom is 0.220 e. The van der Waals surface area contributed by atoms with E-state index in [-0.39, 0.29) is 11.0 Å². The number of hydrogen-bond donors (Lipinski definition) is 1. The van der Waals surface area contributed by atoms with Crippen molar-refractivity contribution in [1.82, 2.24) is 4.90 Å². The molecule has 0 fully saturated rings. The monoisotopic (exact) mass is 259 g/mol. The summed E-state index contributed by atoms with van der Waals surface area (Å²) < 4.78 is 0. The predicted molar refractivity (Wildman–Crippen MR) is 70.6 cm³/mol. The molecule has 17 heavy (non-hydrogen) atoms. The molecule has 0 saturated heterocycles. The second-order valence-corrected chi connectivity index (χ2v) is 5.15. The molecule has 0 rings (SSSR count). The van der Waals surface area contributed by atoms with Crippen molar-refractivity contribution in [2.24, 2.45) is 0 Å². The van der Waals surface area contributed by atoms with Gasteiger partial charge in [-0.25, -0.2) is 0 Å². The molecule has 2 unspecified atom stereocenters. The Balaban J connectivity index is 4.78. The maximum absolute atomic E-state index is 11.6. The van der Waals surface area contributed by atoms with Crippen LogP contribution in [-0.4, -0.2) is 39.6 Å². The van der Waals surface area contributed by atoms with Crippen molar-refractivity contribution < 1.29 is 14.7 Å². The van der Waals surface area contributed by atoms with Crippen LogP contribution in [0.1, 0.15) is 33.6 Å². The molecule has 0 heterocycles. The molecule has 1 amide bonds. The van der Waals surface area contributed by atoms with E-state index in [9.17, 15) is 14.7 Å². The first kappa shape index (κ1) is 16.2. The topological polar surface area (TPSA) is 57.6 Å². The van der Waals surface area contributed by atoms with Crippen LogP contribution in [0.4, 0.5) is 0 Å². The maximum atomic E-state index is 11.6. The molecule has 0 bridgehead atoms. The van der Waals surface area contributed by atoms with Gasteiger partial charge in [0.15, 0.2) is 0 Å². The lowest BCUT2D eigenvalue weighted by Crippen LogP contribution is -2.42. The Morgan fingerprint density at radius 2 is 1.94 bits per heavy atom. The number of amides is 1. The van der Waals surface area contributed by atoms with Crippen LogP contribution in [0.2, 0.25) is 0 Å². The van der Waals surface area contributed by atoms with Gasteiger partial charge in [0, 0.05) is 14.0 Å². The average molecular weight is 259 g/mol. The van der Waals surface area contributed by atoms with E-state index in [1.165, 1.54) is 11.8 Å². The Kier molecular flexibility index (Phi) is 7.15. The number of aliphatic hydroxyl groups excluding tert-OH is 1. The number of nitrogens with zero attached hydrogens (tertiary/aromatic N) is 1. The number of thioether (sulfide) groups is 1. The van der Waals surface area contributed by atoms with Crippen molar-refractivity contribution in [1.29, 1.82) is 0 Å². The van der Waals surface area contributed by atoms with Gasteiger partial charge >= 0.3 is 0 Å². The molecular weight excluding hydrogens is 238 g/mol. The fourth-order valence-electron chi connectivity index (χ4n) is 1.24. The van der Waals surface area contributed by atoms with Crippen LogP contribution in [0.15, 0.2) is 12.2 Å². The third kappa shape index (κ3) is 5.37. The third-order valence-corrected chi connectivity index (χ3v) is 3.80. The highest BCUT2D eigenvalue weighted by atomic mass is 32.2. The number of carbonyl (C=O) groups is 2. The standard InChI is InChI=1S/C12H21NO3S/c1-6-7-10(15)11(13(5)9(4)14)17-12(16)8(2)3/h10-11,15H,2,6-7H2,1,3-5H3. The summed E-state index contributed by atoms with van der Waals surface area (Å²) in [6.45, 7) is 8.54. The molecule has 4 nitrogen and oxygen atoms in total. The first-order chi connectivity index (χ1) is 7.81. The molecule has 0 aromatic rings. The zero-order chi connectivity index (χ0) is 13.6. The molecule has 0 saturated carbocycles. The fourth-order valence-corrected chi connectivity index (χ4v) is 2.26. The lowest BCUT2D eigenvalue weighted by Gasteiger charge is -2.30. The van der Waals surface area contributed by atoms with Crippen molar-refractivity contribution >= 4 is 22.8 Å². The Bertz CT molecular complexity index is 304. The molecule has 98 valence electrons.